The molecule has 106 valence electrons. The molecule has 0 heterocycles. The van der Waals surface area contributed by atoms with Crippen molar-refractivity contribution in [3.8, 4) is 0 Å². The van der Waals surface area contributed by atoms with E-state index in [4.69, 9.17) is 29.0 Å². The van der Waals surface area contributed by atoms with Crippen molar-refractivity contribution in [2.24, 2.45) is 5.84 Å². The molecule has 2 nitrogen and oxygen atoms in total. The van der Waals surface area contributed by atoms with Crippen LogP contribution in [0.25, 0.3) is 0 Å². The van der Waals surface area contributed by atoms with Crippen LogP contribution < -0.4 is 11.3 Å². The predicted molar refractivity (Wildman–Crippen MR) is 86.1 cm³/mol. The van der Waals surface area contributed by atoms with E-state index in [1.165, 1.54) is 11.1 Å². The molecular weight excluding hydrogens is 291 g/mol. The molecule has 1 unspecified atom stereocenters. The van der Waals surface area contributed by atoms with Gasteiger partial charge < -0.3 is 0 Å². The minimum Gasteiger partial charge on any atom is -0.271 e. The molecule has 0 amide bonds. The summed E-state index contributed by atoms with van der Waals surface area (Å²) in [6.07, 6.45) is 0.693. The summed E-state index contributed by atoms with van der Waals surface area (Å²) < 4.78 is 0. The summed E-state index contributed by atoms with van der Waals surface area (Å²) in [6.45, 7) is 4.16. The Bertz CT molecular complexity index is 591. The maximum absolute atomic E-state index is 6.24. The van der Waals surface area contributed by atoms with Crippen LogP contribution in [-0.4, -0.2) is 0 Å². The monoisotopic (exact) mass is 308 g/mol. The van der Waals surface area contributed by atoms with Crippen molar-refractivity contribution in [1.29, 1.82) is 0 Å². The Morgan fingerprint density at radius 3 is 2.35 bits per heavy atom. The zero-order chi connectivity index (χ0) is 14.7. The number of aryl methyl sites for hydroxylation is 2. The number of nitrogens with one attached hydrogen (secondary N) is 1. The van der Waals surface area contributed by atoms with Crippen LogP contribution in [0.3, 0.4) is 0 Å². The van der Waals surface area contributed by atoms with Gasteiger partial charge in [-0.25, -0.2) is 0 Å². The minimum absolute atomic E-state index is 0.00423. The van der Waals surface area contributed by atoms with Crippen LogP contribution in [0.4, 0.5) is 0 Å². The van der Waals surface area contributed by atoms with Crippen molar-refractivity contribution in [3.05, 3.63) is 68.7 Å². The second-order valence-electron chi connectivity index (χ2n) is 5.06. The first-order chi connectivity index (χ1) is 9.51. The number of benzene rings is 2. The van der Waals surface area contributed by atoms with E-state index in [2.05, 4.69) is 37.5 Å². The average Bonchev–Trinajstić information content (AvgIpc) is 2.39. The largest absolute Gasteiger partial charge is 0.271 e. The van der Waals surface area contributed by atoms with Crippen LogP contribution in [0.1, 0.15) is 28.3 Å². The Morgan fingerprint density at radius 1 is 1.10 bits per heavy atom. The summed E-state index contributed by atoms with van der Waals surface area (Å²) in [6, 6.07) is 12.1. The number of hydrogen-bond donors (Lipinski definition) is 2. The van der Waals surface area contributed by atoms with Crippen molar-refractivity contribution in [1.82, 2.24) is 5.43 Å². The van der Waals surface area contributed by atoms with E-state index in [0.717, 1.165) is 11.1 Å². The van der Waals surface area contributed by atoms with Gasteiger partial charge in [-0.15, -0.1) is 0 Å². The molecule has 20 heavy (non-hydrogen) atoms. The van der Waals surface area contributed by atoms with Gasteiger partial charge >= 0.3 is 0 Å². The number of halogens is 2. The maximum atomic E-state index is 6.24. The standard InChI is InChI=1S/C16H18Cl2N2/c1-10-6-11(2)8-13(7-10)15(20-19)9-12-4-3-5-14(17)16(12)18/h3-8,15,20H,9,19H2,1-2H3. The molecule has 0 bridgehead atoms. The van der Waals surface area contributed by atoms with Crippen LogP contribution >= 0.6 is 23.2 Å². The van der Waals surface area contributed by atoms with Crippen molar-refractivity contribution in [2.75, 3.05) is 0 Å². The van der Waals surface area contributed by atoms with Crippen molar-refractivity contribution in [2.45, 2.75) is 26.3 Å². The quantitative estimate of drug-likeness (QED) is 0.650. The van der Waals surface area contributed by atoms with E-state index in [9.17, 15) is 0 Å². The summed E-state index contributed by atoms with van der Waals surface area (Å²) in [7, 11) is 0. The van der Waals surface area contributed by atoms with Gasteiger partial charge in [-0.1, -0.05) is 64.7 Å². The van der Waals surface area contributed by atoms with Crippen molar-refractivity contribution in [3.63, 3.8) is 0 Å². The van der Waals surface area contributed by atoms with E-state index >= 15 is 0 Å². The maximum Gasteiger partial charge on any atom is 0.0624 e. The van der Waals surface area contributed by atoms with Crippen LogP contribution in [0.5, 0.6) is 0 Å². The summed E-state index contributed by atoms with van der Waals surface area (Å²) in [4.78, 5) is 0. The van der Waals surface area contributed by atoms with E-state index < -0.39 is 0 Å². The van der Waals surface area contributed by atoms with Crippen LogP contribution in [0.15, 0.2) is 36.4 Å². The highest BCUT2D eigenvalue weighted by Crippen LogP contribution is 2.29. The highest BCUT2D eigenvalue weighted by atomic mass is 35.5. The lowest BCUT2D eigenvalue weighted by atomic mass is 9.96. The van der Waals surface area contributed by atoms with Crippen molar-refractivity contribution >= 4 is 23.2 Å². The smallest absolute Gasteiger partial charge is 0.0624 e. The lowest BCUT2D eigenvalue weighted by Gasteiger charge is -2.18. The predicted octanol–water partition coefficient (Wildman–Crippen LogP) is 4.36. The van der Waals surface area contributed by atoms with Crippen LogP contribution in [-0.2, 0) is 6.42 Å². The Hall–Kier alpha value is -1.06. The topological polar surface area (TPSA) is 38.0 Å². The first kappa shape index (κ1) is 15.3. The molecule has 0 aliphatic carbocycles. The fourth-order valence-corrected chi connectivity index (χ4v) is 2.81. The first-order valence-corrected chi connectivity index (χ1v) is 7.24. The Balaban J connectivity index is 2.31. The molecule has 0 aliphatic heterocycles. The van der Waals surface area contributed by atoms with Gasteiger partial charge in [0, 0.05) is 0 Å². The molecule has 1 atom stereocenters. The van der Waals surface area contributed by atoms with Crippen LogP contribution in [0, 0.1) is 13.8 Å². The minimum atomic E-state index is 0.00423. The molecule has 0 radical (unpaired) electrons. The fraction of sp³-hybridized carbons (Fsp3) is 0.250. The molecule has 0 fully saturated rings. The Kier molecular flexibility index (Phi) is 5.06. The Labute approximate surface area is 129 Å². The van der Waals surface area contributed by atoms with Gasteiger partial charge in [0.2, 0.25) is 0 Å². The van der Waals surface area contributed by atoms with E-state index in [0.29, 0.717) is 16.5 Å². The average molecular weight is 309 g/mol. The second-order valence-corrected chi connectivity index (χ2v) is 5.84. The van der Waals surface area contributed by atoms with E-state index in [-0.39, 0.29) is 6.04 Å². The molecule has 2 rings (SSSR count). The number of hydrazine groups is 1. The van der Waals surface area contributed by atoms with Gasteiger partial charge in [0.1, 0.15) is 0 Å². The Morgan fingerprint density at radius 2 is 1.75 bits per heavy atom. The number of hydrogen-bond acceptors (Lipinski definition) is 2. The van der Waals surface area contributed by atoms with E-state index in [1.807, 2.05) is 12.1 Å². The molecule has 0 saturated carbocycles. The molecule has 2 aromatic rings. The first-order valence-electron chi connectivity index (χ1n) is 6.48. The summed E-state index contributed by atoms with van der Waals surface area (Å²) in [5.74, 6) is 5.71. The third-order valence-corrected chi connectivity index (χ3v) is 4.16. The van der Waals surface area contributed by atoms with Gasteiger partial charge in [-0.05, 0) is 37.5 Å². The normalized spacial score (nSPS) is 12.4. The lowest BCUT2D eigenvalue weighted by molar-refractivity contribution is 0.551. The van der Waals surface area contributed by atoms with E-state index in [1.54, 1.807) is 6.07 Å². The fourth-order valence-electron chi connectivity index (χ4n) is 2.41. The molecule has 3 N–H and O–H groups in total. The van der Waals surface area contributed by atoms with Crippen LogP contribution in [0.2, 0.25) is 10.0 Å². The summed E-state index contributed by atoms with van der Waals surface area (Å²) in [5.41, 5.74) is 7.45. The van der Waals surface area contributed by atoms with Gasteiger partial charge in [0.15, 0.2) is 0 Å². The molecule has 4 heteroatoms. The zero-order valence-corrected chi connectivity index (χ0v) is 13.1. The lowest BCUT2D eigenvalue weighted by Crippen LogP contribution is -2.29. The van der Waals surface area contributed by atoms with Gasteiger partial charge in [-0.2, -0.15) is 0 Å². The highest BCUT2D eigenvalue weighted by molar-refractivity contribution is 6.42. The highest BCUT2D eigenvalue weighted by Gasteiger charge is 2.14. The SMILES string of the molecule is Cc1cc(C)cc(C(Cc2cccc(Cl)c2Cl)NN)c1. The van der Waals surface area contributed by atoms with Gasteiger partial charge in [0.05, 0.1) is 16.1 Å². The zero-order valence-electron chi connectivity index (χ0n) is 11.6. The summed E-state index contributed by atoms with van der Waals surface area (Å²) in [5, 5.41) is 1.17. The third-order valence-electron chi connectivity index (χ3n) is 3.30. The molecule has 2 aromatic carbocycles. The molecule has 0 spiro atoms. The molecule has 0 aliphatic rings. The van der Waals surface area contributed by atoms with Gasteiger partial charge in [-0.3, -0.25) is 11.3 Å². The number of rotatable bonds is 4. The molecule has 0 aromatic heterocycles. The third kappa shape index (κ3) is 3.53. The summed E-state index contributed by atoms with van der Waals surface area (Å²) >= 11 is 12.3. The molecule has 0 saturated heterocycles. The van der Waals surface area contributed by atoms with Crippen molar-refractivity contribution < 1.29 is 0 Å². The second kappa shape index (κ2) is 6.59. The molecular formula is C16H18Cl2N2. The number of nitrogens with two attached hydrogens (primary N) is 1. The van der Waals surface area contributed by atoms with Gasteiger partial charge in [0.25, 0.3) is 0 Å².